The summed E-state index contributed by atoms with van der Waals surface area (Å²) in [6, 6.07) is 10.7. The Morgan fingerprint density at radius 3 is 2.59 bits per heavy atom. The van der Waals surface area contributed by atoms with Crippen LogP contribution in [0.5, 0.6) is 0 Å². The molecule has 0 bridgehead atoms. The highest BCUT2D eigenvalue weighted by atomic mass is 35.5. The van der Waals surface area contributed by atoms with Crippen molar-refractivity contribution < 1.29 is 9.59 Å². The van der Waals surface area contributed by atoms with Crippen LogP contribution in [0.4, 0.5) is 5.69 Å². The normalized spacial score (nSPS) is 13.2. The van der Waals surface area contributed by atoms with Crippen LogP contribution in [0, 0.1) is 0 Å². The van der Waals surface area contributed by atoms with Crippen LogP contribution in [0.1, 0.15) is 34.5 Å². The van der Waals surface area contributed by atoms with E-state index in [1.807, 2.05) is 12.1 Å². The number of aromatic nitrogens is 1. The molecule has 3 aromatic rings. The Labute approximate surface area is 179 Å². The lowest BCUT2D eigenvalue weighted by Crippen LogP contribution is -2.35. The highest BCUT2D eigenvalue weighted by molar-refractivity contribution is 6.39. The second-order valence-corrected chi connectivity index (χ2v) is 8.17. The van der Waals surface area contributed by atoms with Crippen molar-refractivity contribution >= 4 is 51.6 Å². The van der Waals surface area contributed by atoms with Crippen LogP contribution >= 0.6 is 23.2 Å². The van der Waals surface area contributed by atoms with Crippen molar-refractivity contribution in [2.75, 3.05) is 18.9 Å². The molecule has 29 heavy (non-hydrogen) atoms. The number of aromatic amines is 1. The average Bonchev–Trinajstić information content (AvgIpc) is 3.08. The fourth-order valence-electron chi connectivity index (χ4n) is 3.84. The van der Waals surface area contributed by atoms with Gasteiger partial charge in [-0.15, -0.1) is 0 Å². The van der Waals surface area contributed by atoms with Crippen molar-refractivity contribution in [1.29, 1.82) is 0 Å². The standard InChI is InChI=1S/C22H21Cl2N3O2/c1-27(12-20(28)26-21-16(23)6-4-7-17(21)24)22(29)13-9-10-19-15(11-13)14-5-2-3-8-18(14)25-19/h4,6-7,9-11,25H,2-3,5,8,12H2,1H3,(H,26,28). The third kappa shape index (κ3) is 3.98. The van der Waals surface area contributed by atoms with Crippen LogP contribution < -0.4 is 5.32 Å². The zero-order valence-corrected chi connectivity index (χ0v) is 17.5. The minimum atomic E-state index is -0.365. The molecular weight excluding hydrogens is 409 g/mol. The van der Waals surface area contributed by atoms with Crippen molar-refractivity contribution in [2.45, 2.75) is 25.7 Å². The highest BCUT2D eigenvalue weighted by Gasteiger charge is 2.20. The quantitative estimate of drug-likeness (QED) is 0.608. The summed E-state index contributed by atoms with van der Waals surface area (Å²) in [5, 5.41) is 4.48. The summed E-state index contributed by atoms with van der Waals surface area (Å²) in [5.74, 6) is -0.575. The zero-order chi connectivity index (χ0) is 20.5. The lowest BCUT2D eigenvalue weighted by Gasteiger charge is -2.18. The molecule has 0 spiro atoms. The number of halogens is 2. The molecule has 7 heteroatoms. The number of hydrogen-bond acceptors (Lipinski definition) is 2. The molecule has 1 aliphatic rings. The summed E-state index contributed by atoms with van der Waals surface area (Å²) >= 11 is 12.2. The van der Waals surface area contributed by atoms with E-state index >= 15 is 0 Å². The van der Waals surface area contributed by atoms with Crippen LogP contribution in [-0.2, 0) is 17.6 Å². The number of amides is 2. The van der Waals surface area contributed by atoms with Gasteiger partial charge in [-0.25, -0.2) is 0 Å². The highest BCUT2D eigenvalue weighted by Crippen LogP contribution is 2.31. The minimum Gasteiger partial charge on any atom is -0.358 e. The first kappa shape index (κ1) is 19.8. The third-order valence-corrected chi connectivity index (χ3v) is 5.93. The van der Waals surface area contributed by atoms with Crippen LogP contribution in [-0.4, -0.2) is 35.3 Å². The fourth-order valence-corrected chi connectivity index (χ4v) is 4.33. The van der Waals surface area contributed by atoms with E-state index in [1.54, 1.807) is 31.3 Å². The number of aryl methyl sites for hydroxylation is 2. The summed E-state index contributed by atoms with van der Waals surface area (Å²) in [4.78, 5) is 30.1. The zero-order valence-electron chi connectivity index (χ0n) is 16.0. The molecule has 0 saturated carbocycles. The Morgan fingerprint density at radius 2 is 1.83 bits per heavy atom. The van der Waals surface area contributed by atoms with Gasteiger partial charge in [-0.05, 0) is 61.6 Å². The number of anilines is 1. The molecule has 1 aliphatic carbocycles. The first-order valence-electron chi connectivity index (χ1n) is 9.57. The number of hydrogen-bond donors (Lipinski definition) is 2. The molecule has 0 fully saturated rings. The van der Waals surface area contributed by atoms with Gasteiger partial charge in [0.15, 0.2) is 0 Å². The van der Waals surface area contributed by atoms with Crippen LogP contribution in [0.3, 0.4) is 0 Å². The summed E-state index contributed by atoms with van der Waals surface area (Å²) in [6.45, 7) is -0.107. The number of nitrogens with one attached hydrogen (secondary N) is 2. The van der Waals surface area contributed by atoms with E-state index in [0.717, 1.165) is 23.7 Å². The largest absolute Gasteiger partial charge is 0.358 e. The van der Waals surface area contributed by atoms with Gasteiger partial charge in [0.05, 0.1) is 22.3 Å². The van der Waals surface area contributed by atoms with Gasteiger partial charge < -0.3 is 15.2 Å². The molecule has 2 aromatic carbocycles. The van der Waals surface area contributed by atoms with E-state index in [4.69, 9.17) is 23.2 Å². The number of nitrogens with zero attached hydrogens (tertiary/aromatic N) is 1. The number of likely N-dealkylation sites (N-methyl/N-ethyl adjacent to an activating group) is 1. The van der Waals surface area contributed by atoms with Gasteiger partial charge in [0.25, 0.3) is 5.91 Å². The fraction of sp³-hybridized carbons (Fsp3) is 0.273. The van der Waals surface area contributed by atoms with Crippen molar-refractivity contribution in [1.82, 2.24) is 9.88 Å². The second kappa shape index (κ2) is 8.09. The lowest BCUT2D eigenvalue weighted by molar-refractivity contribution is -0.116. The van der Waals surface area contributed by atoms with Gasteiger partial charge >= 0.3 is 0 Å². The first-order chi connectivity index (χ1) is 13.9. The molecular formula is C22H21Cl2N3O2. The molecule has 5 nitrogen and oxygen atoms in total. The Bertz CT molecular complexity index is 1090. The number of benzene rings is 2. The van der Waals surface area contributed by atoms with Crippen molar-refractivity contribution in [2.24, 2.45) is 0 Å². The minimum absolute atomic E-state index is 0.107. The van der Waals surface area contributed by atoms with E-state index in [2.05, 4.69) is 10.3 Å². The van der Waals surface area contributed by atoms with Gasteiger partial charge in [-0.3, -0.25) is 9.59 Å². The maximum absolute atomic E-state index is 12.9. The van der Waals surface area contributed by atoms with Gasteiger partial charge in [-0.1, -0.05) is 29.3 Å². The summed E-state index contributed by atoms with van der Waals surface area (Å²) in [5.41, 5.74) is 4.56. The third-order valence-electron chi connectivity index (χ3n) is 5.30. The maximum atomic E-state index is 12.9. The number of rotatable bonds is 4. The first-order valence-corrected chi connectivity index (χ1v) is 10.3. The molecule has 1 heterocycles. The van der Waals surface area contributed by atoms with Crippen LogP contribution in [0.15, 0.2) is 36.4 Å². The van der Waals surface area contributed by atoms with E-state index in [-0.39, 0.29) is 18.4 Å². The van der Waals surface area contributed by atoms with Gasteiger partial charge in [0, 0.05) is 29.2 Å². The lowest BCUT2D eigenvalue weighted by atomic mass is 9.95. The number of H-pyrrole nitrogens is 1. The van der Waals surface area contributed by atoms with Gasteiger partial charge in [0.2, 0.25) is 5.91 Å². The van der Waals surface area contributed by atoms with Crippen molar-refractivity contribution in [3.05, 3.63) is 63.3 Å². The van der Waals surface area contributed by atoms with E-state index in [0.29, 0.717) is 21.3 Å². The van der Waals surface area contributed by atoms with Crippen LogP contribution in [0.2, 0.25) is 10.0 Å². The molecule has 150 valence electrons. The van der Waals surface area contributed by atoms with Gasteiger partial charge in [-0.2, -0.15) is 0 Å². The topological polar surface area (TPSA) is 65.2 Å². The van der Waals surface area contributed by atoms with E-state index < -0.39 is 0 Å². The Hall–Kier alpha value is -2.50. The molecule has 4 rings (SSSR count). The van der Waals surface area contributed by atoms with E-state index in [1.165, 1.54) is 29.0 Å². The monoisotopic (exact) mass is 429 g/mol. The predicted molar refractivity (Wildman–Crippen MR) is 117 cm³/mol. The summed E-state index contributed by atoms with van der Waals surface area (Å²) in [7, 11) is 1.60. The number of fused-ring (bicyclic) bond motifs is 3. The molecule has 0 atom stereocenters. The smallest absolute Gasteiger partial charge is 0.254 e. The Morgan fingerprint density at radius 1 is 1.10 bits per heavy atom. The molecule has 1 aromatic heterocycles. The van der Waals surface area contributed by atoms with E-state index in [9.17, 15) is 9.59 Å². The average molecular weight is 430 g/mol. The number of carbonyl (C=O) groups excluding carboxylic acids is 2. The molecule has 0 saturated heterocycles. The maximum Gasteiger partial charge on any atom is 0.254 e. The summed E-state index contributed by atoms with van der Waals surface area (Å²) in [6.07, 6.45) is 4.45. The Balaban J connectivity index is 1.49. The number of carbonyl (C=O) groups is 2. The molecule has 0 radical (unpaired) electrons. The number of para-hydroxylation sites is 1. The van der Waals surface area contributed by atoms with Crippen molar-refractivity contribution in [3.63, 3.8) is 0 Å². The SMILES string of the molecule is CN(CC(=O)Nc1c(Cl)cccc1Cl)C(=O)c1ccc2[nH]c3c(c2c1)CCCC3. The van der Waals surface area contributed by atoms with Gasteiger partial charge in [0.1, 0.15) is 0 Å². The predicted octanol–water partition coefficient (Wildman–Crippen LogP) is 5.06. The molecule has 0 unspecified atom stereocenters. The van der Waals surface area contributed by atoms with Crippen LogP contribution in [0.25, 0.3) is 10.9 Å². The second-order valence-electron chi connectivity index (χ2n) is 7.36. The molecule has 2 N–H and O–H groups in total. The van der Waals surface area contributed by atoms with Crippen molar-refractivity contribution in [3.8, 4) is 0 Å². The molecule has 2 amide bonds. The molecule has 0 aliphatic heterocycles. The summed E-state index contributed by atoms with van der Waals surface area (Å²) < 4.78 is 0. The Kier molecular flexibility index (Phi) is 5.52.